The molecule has 2 rings (SSSR count). The van der Waals surface area contributed by atoms with E-state index >= 15 is 0 Å². The van der Waals surface area contributed by atoms with Gasteiger partial charge >= 0.3 is 5.97 Å². The zero-order valence-electron chi connectivity index (χ0n) is 13.0. The van der Waals surface area contributed by atoms with Crippen molar-refractivity contribution in [2.75, 3.05) is 13.7 Å². The summed E-state index contributed by atoms with van der Waals surface area (Å²) in [6, 6.07) is 0. The van der Waals surface area contributed by atoms with E-state index in [9.17, 15) is 14.4 Å². The number of ether oxygens (including phenoxy) is 2. The van der Waals surface area contributed by atoms with Gasteiger partial charge in [0.25, 0.3) is 11.5 Å². The zero-order valence-corrected chi connectivity index (χ0v) is 13.8. The number of rotatable bonds is 6. The first kappa shape index (κ1) is 17.1. The fourth-order valence-electron chi connectivity index (χ4n) is 2.18. The summed E-state index contributed by atoms with van der Waals surface area (Å²) in [7, 11) is 1.50. The van der Waals surface area contributed by atoms with Gasteiger partial charge in [0, 0.05) is 7.11 Å². The third-order valence-electron chi connectivity index (χ3n) is 3.17. The maximum absolute atomic E-state index is 12.5. The van der Waals surface area contributed by atoms with Crippen LogP contribution in [0.4, 0.5) is 0 Å². The van der Waals surface area contributed by atoms with Crippen molar-refractivity contribution < 1.29 is 19.1 Å². The Balaban J connectivity index is 2.31. The van der Waals surface area contributed by atoms with Crippen molar-refractivity contribution in [2.24, 2.45) is 5.73 Å². The van der Waals surface area contributed by atoms with Crippen LogP contribution in [-0.2, 0) is 20.8 Å². The lowest BCUT2D eigenvalue weighted by Crippen LogP contribution is -2.28. The maximum Gasteiger partial charge on any atom is 0.326 e. The van der Waals surface area contributed by atoms with Crippen LogP contribution in [0.3, 0.4) is 0 Å². The number of hydrogen-bond donors (Lipinski definition) is 1. The highest BCUT2D eigenvalue weighted by atomic mass is 32.1. The van der Waals surface area contributed by atoms with Crippen molar-refractivity contribution in [3.63, 3.8) is 0 Å². The van der Waals surface area contributed by atoms with Crippen LogP contribution in [0.25, 0.3) is 10.2 Å². The van der Waals surface area contributed by atoms with Crippen molar-refractivity contribution in [2.45, 2.75) is 26.5 Å². The maximum atomic E-state index is 12.5. The summed E-state index contributed by atoms with van der Waals surface area (Å²) in [5.74, 6) is -1.18. The average Bonchev–Trinajstić information content (AvgIpc) is 2.80. The molecule has 0 aromatic carbocycles. The smallest absolute Gasteiger partial charge is 0.326 e. The van der Waals surface area contributed by atoms with Gasteiger partial charge in [-0.25, -0.2) is 4.98 Å². The van der Waals surface area contributed by atoms with Crippen molar-refractivity contribution in [3.8, 4) is 0 Å². The van der Waals surface area contributed by atoms with E-state index in [0.29, 0.717) is 20.7 Å². The number of hydrogen-bond acceptors (Lipinski definition) is 7. The molecule has 124 valence electrons. The number of thiophene rings is 1. The summed E-state index contributed by atoms with van der Waals surface area (Å²) >= 11 is 1.06. The first-order chi connectivity index (χ1) is 10.8. The largest absolute Gasteiger partial charge is 0.459 e. The first-order valence-electron chi connectivity index (χ1n) is 6.82. The first-order valence-corrected chi connectivity index (χ1v) is 7.63. The fraction of sp³-hybridized carbons (Fsp3) is 0.429. The van der Waals surface area contributed by atoms with E-state index in [-0.39, 0.29) is 13.2 Å². The molecule has 0 radical (unpaired) electrons. The van der Waals surface area contributed by atoms with Gasteiger partial charge in [-0.2, -0.15) is 0 Å². The second-order valence-electron chi connectivity index (χ2n) is 5.03. The third kappa shape index (κ3) is 3.57. The van der Waals surface area contributed by atoms with Crippen LogP contribution in [0.15, 0.2) is 11.1 Å². The lowest BCUT2D eigenvalue weighted by molar-refractivity contribution is -0.151. The Morgan fingerprint density at radius 2 is 2.17 bits per heavy atom. The summed E-state index contributed by atoms with van der Waals surface area (Å²) in [5, 5.41) is 0.295. The molecule has 0 saturated heterocycles. The minimum atomic E-state index is -0.607. The minimum Gasteiger partial charge on any atom is -0.459 e. The Hall–Kier alpha value is -2.26. The number of amides is 1. The number of primary amides is 1. The molecule has 9 heteroatoms. The van der Waals surface area contributed by atoms with Gasteiger partial charge in [-0.15, -0.1) is 11.3 Å². The second-order valence-corrected chi connectivity index (χ2v) is 6.03. The normalized spacial score (nSPS) is 12.3. The Bertz CT molecular complexity index is 811. The van der Waals surface area contributed by atoms with Crippen LogP contribution in [0.1, 0.15) is 22.2 Å². The number of aromatic nitrogens is 2. The molecule has 0 aliphatic rings. The monoisotopic (exact) mass is 339 g/mol. The molecule has 0 saturated carbocycles. The molecule has 23 heavy (non-hydrogen) atoms. The summed E-state index contributed by atoms with van der Waals surface area (Å²) in [4.78, 5) is 40.5. The molecule has 2 N–H and O–H groups in total. The molecule has 0 aliphatic carbocycles. The van der Waals surface area contributed by atoms with Crippen molar-refractivity contribution in [1.29, 1.82) is 0 Å². The van der Waals surface area contributed by atoms with E-state index < -0.39 is 23.5 Å². The molecular weight excluding hydrogens is 322 g/mol. The van der Waals surface area contributed by atoms with Crippen molar-refractivity contribution in [3.05, 3.63) is 27.1 Å². The van der Waals surface area contributed by atoms with Crippen molar-refractivity contribution >= 4 is 33.4 Å². The number of methoxy groups -OCH3 is 1. The van der Waals surface area contributed by atoms with E-state index in [1.165, 1.54) is 13.4 Å². The number of nitrogens with zero attached hydrogens (tertiary/aromatic N) is 2. The van der Waals surface area contributed by atoms with Crippen LogP contribution in [0.5, 0.6) is 0 Å². The number of carbonyl (C=O) groups is 2. The second kappa shape index (κ2) is 6.88. The predicted octanol–water partition coefficient (Wildman–Crippen LogP) is 0.443. The van der Waals surface area contributed by atoms with Gasteiger partial charge < -0.3 is 15.2 Å². The third-order valence-corrected chi connectivity index (χ3v) is 4.39. The molecule has 0 spiro atoms. The van der Waals surface area contributed by atoms with Gasteiger partial charge in [-0.3, -0.25) is 19.0 Å². The van der Waals surface area contributed by atoms with Crippen LogP contribution in [0.2, 0.25) is 0 Å². The lowest BCUT2D eigenvalue weighted by atomic mass is 10.2. The Morgan fingerprint density at radius 1 is 1.48 bits per heavy atom. The number of nitrogens with two attached hydrogens (primary N) is 1. The molecule has 0 fully saturated rings. The van der Waals surface area contributed by atoms with Gasteiger partial charge in [-0.05, 0) is 19.4 Å². The lowest BCUT2D eigenvalue weighted by Gasteiger charge is -2.12. The molecule has 1 unspecified atom stereocenters. The zero-order chi connectivity index (χ0) is 17.1. The van der Waals surface area contributed by atoms with Crippen LogP contribution in [-0.4, -0.2) is 41.2 Å². The summed E-state index contributed by atoms with van der Waals surface area (Å²) in [6.07, 6.45) is 0.845. The topological polar surface area (TPSA) is 114 Å². The van der Waals surface area contributed by atoms with Crippen molar-refractivity contribution in [1.82, 2.24) is 9.55 Å². The van der Waals surface area contributed by atoms with E-state index in [2.05, 4.69) is 4.98 Å². The van der Waals surface area contributed by atoms with E-state index in [1.807, 2.05) is 0 Å². The number of aryl methyl sites for hydroxylation is 1. The van der Waals surface area contributed by atoms with Crippen LogP contribution in [0, 0.1) is 6.92 Å². The molecule has 2 aromatic rings. The fourth-order valence-corrected chi connectivity index (χ4v) is 3.17. The molecular formula is C14H17N3O5S. The molecule has 1 atom stereocenters. The van der Waals surface area contributed by atoms with Gasteiger partial charge in [-0.1, -0.05) is 0 Å². The Labute approximate surface area is 135 Å². The van der Waals surface area contributed by atoms with E-state index in [0.717, 1.165) is 15.9 Å². The van der Waals surface area contributed by atoms with E-state index in [4.69, 9.17) is 15.2 Å². The Kier molecular flexibility index (Phi) is 5.12. The predicted molar refractivity (Wildman–Crippen MR) is 84.6 cm³/mol. The number of esters is 1. The number of fused-ring (bicyclic) bond motifs is 1. The SMILES string of the molecule is COCC(C)OC(=O)Cn1cnc2sc(C(N)=O)c(C)c2c1=O. The Morgan fingerprint density at radius 3 is 2.78 bits per heavy atom. The van der Waals surface area contributed by atoms with Crippen LogP contribution < -0.4 is 11.3 Å². The minimum absolute atomic E-state index is 0.267. The van der Waals surface area contributed by atoms with Crippen LogP contribution >= 0.6 is 11.3 Å². The van der Waals surface area contributed by atoms with Gasteiger partial charge in [0.2, 0.25) is 0 Å². The number of carbonyl (C=O) groups excluding carboxylic acids is 2. The molecule has 2 aromatic heterocycles. The quantitative estimate of drug-likeness (QED) is 0.764. The van der Waals surface area contributed by atoms with Gasteiger partial charge in [0.05, 0.1) is 23.2 Å². The average molecular weight is 339 g/mol. The highest BCUT2D eigenvalue weighted by Gasteiger charge is 2.19. The molecule has 8 nitrogen and oxygen atoms in total. The van der Waals surface area contributed by atoms with Gasteiger partial charge in [0.15, 0.2) is 0 Å². The van der Waals surface area contributed by atoms with Gasteiger partial charge in [0.1, 0.15) is 17.5 Å². The van der Waals surface area contributed by atoms with E-state index in [1.54, 1.807) is 13.8 Å². The standard InChI is InChI=1S/C14H17N3O5S/c1-7(5-21-3)22-9(18)4-17-6-16-13-10(14(17)20)8(2)11(23-13)12(15)19/h6-7H,4-5H2,1-3H3,(H2,15,19). The molecule has 1 amide bonds. The summed E-state index contributed by atoms with van der Waals surface area (Å²) < 4.78 is 11.1. The molecule has 0 bridgehead atoms. The summed E-state index contributed by atoms with van der Waals surface area (Å²) in [5.41, 5.74) is 5.35. The summed E-state index contributed by atoms with van der Waals surface area (Å²) in [6.45, 7) is 3.32. The molecule has 0 aliphatic heterocycles. The highest BCUT2D eigenvalue weighted by Crippen LogP contribution is 2.26. The molecule has 2 heterocycles. The highest BCUT2D eigenvalue weighted by molar-refractivity contribution is 7.20.